The lowest BCUT2D eigenvalue weighted by Crippen LogP contribution is -2.49. The molecule has 0 bridgehead atoms. The van der Waals surface area contributed by atoms with Crippen molar-refractivity contribution < 1.29 is 9.53 Å². The minimum absolute atomic E-state index is 0.0382. The summed E-state index contributed by atoms with van der Waals surface area (Å²) in [6.07, 6.45) is 1.87. The molecule has 0 saturated carbocycles. The maximum atomic E-state index is 13.0. The van der Waals surface area contributed by atoms with E-state index in [1.807, 2.05) is 31.7 Å². The van der Waals surface area contributed by atoms with Crippen LogP contribution in [-0.2, 0) is 4.74 Å². The topological polar surface area (TPSA) is 41.6 Å². The molecule has 3 atom stereocenters. The molecule has 0 unspecified atom stereocenters. The molecule has 0 spiro atoms. The fourth-order valence-corrected chi connectivity index (χ4v) is 4.45. The maximum absolute atomic E-state index is 13.0. The summed E-state index contributed by atoms with van der Waals surface area (Å²) < 4.78 is 5.75. The molecule has 4 rings (SSSR count). The zero-order valence-electron chi connectivity index (χ0n) is 16.3. The second kappa shape index (κ2) is 6.91. The second-order valence-corrected chi connectivity index (χ2v) is 8.54. The number of likely N-dealkylation sites (tertiary alicyclic amines) is 1. The molecule has 2 aliphatic heterocycles. The molecule has 0 aromatic heterocycles. The molecule has 1 amide bonds. The monoisotopic (exact) mass is 364 g/mol. The van der Waals surface area contributed by atoms with Gasteiger partial charge in [-0.25, -0.2) is 4.79 Å². The van der Waals surface area contributed by atoms with Crippen LogP contribution in [0.5, 0.6) is 0 Å². The average molecular weight is 364 g/mol. The van der Waals surface area contributed by atoms with Crippen LogP contribution in [0.1, 0.15) is 56.8 Å². The Bertz CT molecular complexity index is 813. The van der Waals surface area contributed by atoms with E-state index < -0.39 is 5.60 Å². The van der Waals surface area contributed by atoms with Gasteiger partial charge in [-0.15, -0.1) is 0 Å². The van der Waals surface area contributed by atoms with Crippen molar-refractivity contribution in [3.63, 3.8) is 0 Å². The van der Waals surface area contributed by atoms with Crippen LogP contribution in [0, 0.1) is 5.92 Å². The molecule has 1 N–H and O–H groups in total. The van der Waals surface area contributed by atoms with Gasteiger partial charge in [0, 0.05) is 18.2 Å². The molecule has 4 heteroatoms. The summed E-state index contributed by atoms with van der Waals surface area (Å²) >= 11 is 0. The van der Waals surface area contributed by atoms with Crippen LogP contribution >= 0.6 is 0 Å². The van der Waals surface area contributed by atoms with Crippen molar-refractivity contribution in [1.29, 1.82) is 0 Å². The molecule has 27 heavy (non-hydrogen) atoms. The van der Waals surface area contributed by atoms with Crippen molar-refractivity contribution in [1.82, 2.24) is 4.90 Å². The number of carbonyl (C=O) groups is 1. The second-order valence-electron chi connectivity index (χ2n) is 8.54. The lowest BCUT2D eigenvalue weighted by molar-refractivity contribution is -0.00379. The summed E-state index contributed by atoms with van der Waals surface area (Å²) in [7, 11) is 0. The number of ether oxygens (including phenoxy) is 1. The summed E-state index contributed by atoms with van der Waals surface area (Å²) in [5.41, 5.74) is 3.09. The Morgan fingerprint density at radius 1 is 1.07 bits per heavy atom. The van der Waals surface area contributed by atoms with Crippen LogP contribution in [-0.4, -0.2) is 23.1 Å². The third kappa shape index (κ3) is 3.53. The van der Waals surface area contributed by atoms with Gasteiger partial charge in [-0.1, -0.05) is 48.5 Å². The van der Waals surface area contributed by atoms with Gasteiger partial charge in [0.1, 0.15) is 5.60 Å². The summed E-state index contributed by atoms with van der Waals surface area (Å²) in [4.78, 5) is 15.0. The number of anilines is 1. The van der Waals surface area contributed by atoms with Gasteiger partial charge in [-0.05, 0) is 50.8 Å². The van der Waals surface area contributed by atoms with E-state index in [1.165, 1.54) is 11.1 Å². The largest absolute Gasteiger partial charge is 0.444 e. The fourth-order valence-electron chi connectivity index (χ4n) is 4.45. The van der Waals surface area contributed by atoms with Crippen molar-refractivity contribution in [2.75, 3.05) is 11.9 Å². The Morgan fingerprint density at radius 3 is 2.52 bits per heavy atom. The maximum Gasteiger partial charge on any atom is 0.410 e. The summed E-state index contributed by atoms with van der Waals surface area (Å²) in [6, 6.07) is 19.2. The predicted octanol–water partition coefficient (Wildman–Crippen LogP) is 5.54. The first-order chi connectivity index (χ1) is 12.9. The normalized spacial score (nSPS) is 24.4. The van der Waals surface area contributed by atoms with Gasteiger partial charge in [0.25, 0.3) is 0 Å². The number of para-hydroxylation sites is 1. The quantitative estimate of drug-likeness (QED) is 0.722. The minimum Gasteiger partial charge on any atom is -0.444 e. The smallest absolute Gasteiger partial charge is 0.410 e. The molecule has 2 aliphatic rings. The molecule has 2 aromatic rings. The number of benzene rings is 2. The van der Waals surface area contributed by atoms with Gasteiger partial charge in [-0.3, -0.25) is 0 Å². The summed E-state index contributed by atoms with van der Waals surface area (Å²) in [5, 5.41) is 3.74. The molecule has 2 aromatic carbocycles. The zero-order chi connectivity index (χ0) is 19.0. The fraction of sp³-hybridized carbons (Fsp3) is 0.435. The number of nitrogens with zero attached hydrogens (tertiary/aromatic N) is 1. The first-order valence-electron chi connectivity index (χ1n) is 9.84. The SMILES string of the molecule is CC(C)(C)OC(=O)N1CCC[C@@H]2[C@H](c3ccccc3)Nc3ccccc3[C@@H]21. The number of carbonyl (C=O) groups excluding carboxylic acids is 1. The lowest BCUT2D eigenvalue weighted by atomic mass is 9.74. The van der Waals surface area contributed by atoms with Gasteiger partial charge >= 0.3 is 6.09 Å². The van der Waals surface area contributed by atoms with Crippen molar-refractivity contribution in [2.45, 2.75) is 51.3 Å². The van der Waals surface area contributed by atoms with Crippen molar-refractivity contribution in [3.8, 4) is 0 Å². The highest BCUT2D eigenvalue weighted by atomic mass is 16.6. The number of rotatable bonds is 1. The Kier molecular flexibility index (Phi) is 4.58. The molecule has 0 aliphatic carbocycles. The molecule has 0 radical (unpaired) electrons. The molecule has 1 fully saturated rings. The van der Waals surface area contributed by atoms with E-state index in [0.717, 1.165) is 25.1 Å². The van der Waals surface area contributed by atoms with Crippen molar-refractivity contribution in [3.05, 3.63) is 65.7 Å². The standard InChI is InChI=1S/C23H28N2O2/c1-23(2,3)27-22(26)25-15-9-13-18-20(16-10-5-4-6-11-16)24-19-14-8-7-12-17(19)21(18)25/h4-8,10-12,14,18,20-21,24H,9,13,15H2,1-3H3/t18-,20+,21+/m1/s1. The van der Waals surface area contributed by atoms with Gasteiger partial charge in [0.15, 0.2) is 0 Å². The minimum atomic E-state index is -0.491. The average Bonchev–Trinajstić information content (AvgIpc) is 2.66. The molecule has 1 saturated heterocycles. The van der Waals surface area contributed by atoms with E-state index in [-0.39, 0.29) is 18.2 Å². The van der Waals surface area contributed by atoms with E-state index >= 15 is 0 Å². The highest BCUT2D eigenvalue weighted by molar-refractivity contribution is 5.71. The highest BCUT2D eigenvalue weighted by Crippen LogP contribution is 2.50. The van der Waals surface area contributed by atoms with Crippen LogP contribution < -0.4 is 5.32 Å². The van der Waals surface area contributed by atoms with Gasteiger partial charge in [0.05, 0.1) is 12.1 Å². The third-order valence-corrected chi connectivity index (χ3v) is 5.48. The van der Waals surface area contributed by atoms with E-state index in [4.69, 9.17) is 4.74 Å². The van der Waals surface area contributed by atoms with E-state index in [1.54, 1.807) is 0 Å². The van der Waals surface area contributed by atoms with Crippen LogP contribution in [0.25, 0.3) is 0 Å². The number of hydrogen-bond donors (Lipinski definition) is 1. The number of amides is 1. The molecular weight excluding hydrogens is 336 g/mol. The Balaban J connectivity index is 1.74. The molecular formula is C23H28N2O2. The number of hydrogen-bond acceptors (Lipinski definition) is 3. The Morgan fingerprint density at radius 2 is 1.78 bits per heavy atom. The first kappa shape index (κ1) is 17.9. The van der Waals surface area contributed by atoms with Crippen LogP contribution in [0.4, 0.5) is 10.5 Å². The summed E-state index contributed by atoms with van der Waals surface area (Å²) in [5.74, 6) is 0.323. The third-order valence-electron chi connectivity index (χ3n) is 5.48. The molecule has 142 valence electrons. The van der Waals surface area contributed by atoms with E-state index in [9.17, 15) is 4.79 Å². The van der Waals surface area contributed by atoms with Gasteiger partial charge < -0.3 is 15.0 Å². The number of piperidine rings is 1. The molecule has 2 heterocycles. The zero-order valence-corrected chi connectivity index (χ0v) is 16.3. The van der Waals surface area contributed by atoms with E-state index in [0.29, 0.717) is 5.92 Å². The Hall–Kier alpha value is -2.49. The van der Waals surface area contributed by atoms with E-state index in [2.05, 4.69) is 53.8 Å². The molecule has 4 nitrogen and oxygen atoms in total. The Labute approximate surface area is 161 Å². The van der Waals surface area contributed by atoms with Gasteiger partial charge in [0.2, 0.25) is 0 Å². The first-order valence-corrected chi connectivity index (χ1v) is 9.84. The predicted molar refractivity (Wildman–Crippen MR) is 108 cm³/mol. The number of nitrogens with one attached hydrogen (secondary N) is 1. The van der Waals surface area contributed by atoms with Crippen molar-refractivity contribution in [2.24, 2.45) is 5.92 Å². The van der Waals surface area contributed by atoms with Gasteiger partial charge in [-0.2, -0.15) is 0 Å². The number of fused-ring (bicyclic) bond motifs is 3. The lowest BCUT2D eigenvalue weighted by Gasteiger charge is -2.48. The van der Waals surface area contributed by atoms with Crippen molar-refractivity contribution >= 4 is 11.8 Å². The summed E-state index contributed by atoms with van der Waals surface area (Å²) in [6.45, 7) is 6.52. The van der Waals surface area contributed by atoms with Crippen LogP contribution in [0.3, 0.4) is 0 Å². The van der Waals surface area contributed by atoms with Crippen LogP contribution in [0.2, 0.25) is 0 Å². The highest BCUT2D eigenvalue weighted by Gasteiger charge is 2.45. The van der Waals surface area contributed by atoms with Crippen LogP contribution in [0.15, 0.2) is 54.6 Å².